The van der Waals surface area contributed by atoms with Gasteiger partial charge in [-0.3, -0.25) is 5.10 Å². The number of aromatic nitrogens is 2. The third-order valence-electron chi connectivity index (χ3n) is 2.89. The number of halogens is 1. The summed E-state index contributed by atoms with van der Waals surface area (Å²) in [5.74, 6) is 0. The Bertz CT molecular complexity index is 469. The molecule has 2 rings (SSSR count). The van der Waals surface area contributed by atoms with E-state index in [1.54, 1.807) is 6.20 Å². The monoisotopic (exact) mass is 249 g/mol. The molecule has 0 aliphatic carbocycles. The fourth-order valence-electron chi connectivity index (χ4n) is 1.91. The van der Waals surface area contributed by atoms with Gasteiger partial charge in [0.15, 0.2) is 0 Å². The lowest BCUT2D eigenvalue weighted by molar-refractivity contribution is 0.0721. The van der Waals surface area contributed by atoms with Crippen molar-refractivity contribution in [1.29, 1.82) is 0 Å². The Kier molecular flexibility index (Phi) is 4.07. The fraction of sp³-hybridized carbons (Fsp3) is 0.308. The Labute approximate surface area is 105 Å². The minimum Gasteiger partial charge on any atom is -0.375 e. The van der Waals surface area contributed by atoms with Crippen LogP contribution in [0.1, 0.15) is 11.7 Å². The van der Waals surface area contributed by atoms with E-state index >= 15 is 0 Å². The molecule has 4 nitrogen and oxygen atoms in total. The largest absolute Gasteiger partial charge is 0.375 e. The zero-order valence-electron chi connectivity index (χ0n) is 10.1. The molecule has 2 atom stereocenters. The second-order valence-corrected chi connectivity index (χ2v) is 4.08. The van der Waals surface area contributed by atoms with Gasteiger partial charge in [-0.1, -0.05) is 24.3 Å². The predicted octanol–water partition coefficient (Wildman–Crippen LogP) is 2.06. The van der Waals surface area contributed by atoms with Crippen LogP contribution in [0, 0.1) is 0 Å². The number of rotatable bonds is 5. The molecule has 0 bridgehead atoms. The molecule has 2 unspecified atom stereocenters. The zero-order chi connectivity index (χ0) is 13.0. The normalized spacial score (nSPS) is 14.4. The highest BCUT2D eigenvalue weighted by molar-refractivity contribution is 5.61. The minimum atomic E-state index is -0.644. The van der Waals surface area contributed by atoms with E-state index in [0.717, 1.165) is 16.7 Å². The molecule has 0 saturated carbocycles. The topological polar surface area (TPSA) is 63.9 Å². The summed E-state index contributed by atoms with van der Waals surface area (Å²) in [4.78, 5) is 0. The smallest absolute Gasteiger partial charge is 0.107 e. The summed E-state index contributed by atoms with van der Waals surface area (Å²) in [6, 6.07) is 7.03. The van der Waals surface area contributed by atoms with Gasteiger partial charge in [0.05, 0.1) is 18.3 Å². The molecule has 0 fully saturated rings. The maximum atomic E-state index is 12.6. The van der Waals surface area contributed by atoms with Gasteiger partial charge in [-0.15, -0.1) is 0 Å². The lowest BCUT2D eigenvalue weighted by atomic mass is 10.0. The molecule has 0 saturated heterocycles. The summed E-state index contributed by atoms with van der Waals surface area (Å²) in [5, 5.41) is 6.65. The Morgan fingerprint density at radius 3 is 2.56 bits per heavy atom. The van der Waals surface area contributed by atoms with Gasteiger partial charge < -0.3 is 10.5 Å². The molecular weight excluding hydrogens is 233 g/mol. The van der Waals surface area contributed by atoms with Gasteiger partial charge >= 0.3 is 0 Å². The highest BCUT2D eigenvalue weighted by Crippen LogP contribution is 2.24. The van der Waals surface area contributed by atoms with Gasteiger partial charge in [0, 0.05) is 18.9 Å². The van der Waals surface area contributed by atoms with Crippen molar-refractivity contribution < 1.29 is 9.13 Å². The van der Waals surface area contributed by atoms with E-state index in [2.05, 4.69) is 10.2 Å². The second-order valence-electron chi connectivity index (χ2n) is 4.08. The molecule has 5 heteroatoms. The number of benzene rings is 1. The number of nitrogens with zero attached hydrogens (tertiary/aromatic N) is 1. The lowest BCUT2D eigenvalue weighted by Crippen LogP contribution is -2.31. The van der Waals surface area contributed by atoms with Crippen molar-refractivity contribution in [2.45, 2.75) is 12.1 Å². The van der Waals surface area contributed by atoms with Gasteiger partial charge in [-0.2, -0.15) is 5.10 Å². The van der Waals surface area contributed by atoms with E-state index in [4.69, 9.17) is 10.5 Å². The Morgan fingerprint density at radius 1 is 1.33 bits per heavy atom. The Morgan fingerprint density at radius 2 is 2.06 bits per heavy atom. The van der Waals surface area contributed by atoms with Gasteiger partial charge in [-0.05, 0) is 11.1 Å². The zero-order valence-corrected chi connectivity index (χ0v) is 10.1. The summed E-state index contributed by atoms with van der Waals surface area (Å²) < 4.78 is 17.8. The number of ether oxygens (including phenoxy) is 1. The first kappa shape index (κ1) is 12.7. The summed E-state index contributed by atoms with van der Waals surface area (Å²) in [7, 11) is 1.53. The molecular formula is C13H16FN3O. The minimum absolute atomic E-state index is 0.423. The number of hydrogen-bond acceptors (Lipinski definition) is 3. The predicted molar refractivity (Wildman–Crippen MR) is 67.7 cm³/mol. The van der Waals surface area contributed by atoms with Crippen LogP contribution in [0.25, 0.3) is 11.1 Å². The van der Waals surface area contributed by atoms with Crippen LogP contribution in [0.3, 0.4) is 0 Å². The van der Waals surface area contributed by atoms with Crippen molar-refractivity contribution in [2.24, 2.45) is 5.73 Å². The van der Waals surface area contributed by atoms with Crippen LogP contribution in [0.15, 0.2) is 36.7 Å². The molecule has 0 aliphatic heterocycles. The number of hydrogen-bond donors (Lipinski definition) is 2. The third-order valence-corrected chi connectivity index (χ3v) is 2.89. The first-order valence-corrected chi connectivity index (χ1v) is 5.69. The second kappa shape index (κ2) is 5.75. The number of nitrogens with two attached hydrogens (primary N) is 1. The molecule has 96 valence electrons. The van der Waals surface area contributed by atoms with Crippen molar-refractivity contribution in [3.63, 3.8) is 0 Å². The van der Waals surface area contributed by atoms with Crippen LogP contribution in [-0.2, 0) is 4.74 Å². The van der Waals surface area contributed by atoms with Gasteiger partial charge in [0.25, 0.3) is 0 Å². The van der Waals surface area contributed by atoms with E-state index in [-0.39, 0.29) is 0 Å². The van der Waals surface area contributed by atoms with E-state index < -0.39 is 18.8 Å². The van der Waals surface area contributed by atoms with Crippen molar-refractivity contribution in [3.8, 4) is 11.1 Å². The maximum Gasteiger partial charge on any atom is 0.107 e. The Hall–Kier alpha value is -1.72. The average molecular weight is 249 g/mol. The first-order valence-electron chi connectivity index (χ1n) is 5.69. The molecule has 0 amide bonds. The standard InChI is InChI=1S/C13H16FN3O/c1-18-13(12(15)6-14)10-4-2-9(3-5-10)11-7-16-17-8-11/h2-5,7-8,12-13H,6,15H2,1H3,(H,16,17). The lowest BCUT2D eigenvalue weighted by Gasteiger charge is -2.20. The molecule has 18 heavy (non-hydrogen) atoms. The van der Waals surface area contributed by atoms with E-state index in [1.165, 1.54) is 7.11 Å². The SMILES string of the molecule is COC(c1ccc(-c2cn[nH]c2)cc1)C(N)CF. The highest BCUT2D eigenvalue weighted by Gasteiger charge is 2.19. The van der Waals surface area contributed by atoms with E-state index in [1.807, 2.05) is 30.5 Å². The summed E-state index contributed by atoms with van der Waals surface area (Å²) in [6.45, 7) is -0.609. The van der Waals surface area contributed by atoms with E-state index in [9.17, 15) is 4.39 Å². The van der Waals surface area contributed by atoms with Crippen LogP contribution in [-0.4, -0.2) is 30.0 Å². The van der Waals surface area contributed by atoms with Crippen LogP contribution in [0.4, 0.5) is 4.39 Å². The number of alkyl halides is 1. The highest BCUT2D eigenvalue weighted by atomic mass is 19.1. The first-order chi connectivity index (χ1) is 8.76. The van der Waals surface area contributed by atoms with Crippen LogP contribution in [0.2, 0.25) is 0 Å². The number of methoxy groups -OCH3 is 1. The fourth-order valence-corrected chi connectivity index (χ4v) is 1.91. The van der Waals surface area contributed by atoms with Crippen LogP contribution < -0.4 is 5.73 Å². The number of H-pyrrole nitrogens is 1. The number of nitrogens with one attached hydrogen (secondary N) is 1. The summed E-state index contributed by atoms with van der Waals surface area (Å²) in [6.07, 6.45) is 3.14. The Balaban J connectivity index is 2.21. The van der Waals surface area contributed by atoms with Crippen LogP contribution >= 0.6 is 0 Å². The van der Waals surface area contributed by atoms with Gasteiger partial charge in [0.1, 0.15) is 6.67 Å². The molecule has 2 aromatic rings. The maximum absolute atomic E-state index is 12.6. The third kappa shape index (κ3) is 2.57. The summed E-state index contributed by atoms with van der Waals surface area (Å²) in [5.41, 5.74) is 8.59. The molecule has 0 radical (unpaired) electrons. The quantitative estimate of drug-likeness (QED) is 0.852. The molecule has 1 heterocycles. The summed E-state index contributed by atoms with van der Waals surface area (Å²) >= 11 is 0. The van der Waals surface area contributed by atoms with E-state index in [0.29, 0.717) is 0 Å². The van der Waals surface area contributed by atoms with Crippen molar-refractivity contribution >= 4 is 0 Å². The van der Waals surface area contributed by atoms with Crippen LogP contribution in [0.5, 0.6) is 0 Å². The molecule has 0 aliphatic rings. The molecule has 1 aromatic heterocycles. The van der Waals surface area contributed by atoms with Crippen molar-refractivity contribution in [3.05, 3.63) is 42.2 Å². The van der Waals surface area contributed by atoms with Gasteiger partial charge in [0.2, 0.25) is 0 Å². The molecule has 0 spiro atoms. The molecule has 1 aromatic carbocycles. The molecule has 3 N–H and O–H groups in total. The van der Waals surface area contributed by atoms with Gasteiger partial charge in [-0.25, -0.2) is 4.39 Å². The van der Waals surface area contributed by atoms with Crippen molar-refractivity contribution in [1.82, 2.24) is 10.2 Å². The average Bonchev–Trinajstić information content (AvgIpc) is 2.94. The number of aromatic amines is 1. The van der Waals surface area contributed by atoms with Crippen molar-refractivity contribution in [2.75, 3.05) is 13.8 Å².